The molecule has 0 aliphatic heterocycles. The Bertz CT molecular complexity index is 779. The van der Waals surface area contributed by atoms with Gasteiger partial charge in [0.2, 0.25) is 0 Å². The van der Waals surface area contributed by atoms with Gasteiger partial charge in [-0.2, -0.15) is 0 Å². The fourth-order valence-corrected chi connectivity index (χ4v) is 2.61. The monoisotopic (exact) mass is 334 g/mol. The van der Waals surface area contributed by atoms with Gasteiger partial charge >= 0.3 is 5.97 Å². The van der Waals surface area contributed by atoms with Crippen LogP contribution in [0.15, 0.2) is 18.2 Å². The van der Waals surface area contributed by atoms with Gasteiger partial charge in [0.15, 0.2) is 11.5 Å². The molecule has 24 heavy (non-hydrogen) atoms. The highest BCUT2D eigenvalue weighted by Gasteiger charge is 2.25. The normalized spacial score (nSPS) is 12.2. The van der Waals surface area contributed by atoms with Crippen LogP contribution in [0.4, 0.5) is 0 Å². The van der Waals surface area contributed by atoms with Crippen molar-refractivity contribution < 1.29 is 24.2 Å². The number of methoxy groups -OCH3 is 2. The van der Waals surface area contributed by atoms with Crippen LogP contribution in [0.3, 0.4) is 0 Å². The van der Waals surface area contributed by atoms with E-state index in [4.69, 9.17) is 9.47 Å². The highest BCUT2D eigenvalue weighted by Crippen LogP contribution is 2.33. The third kappa shape index (κ3) is 3.15. The van der Waals surface area contributed by atoms with E-state index in [0.717, 1.165) is 10.9 Å². The number of carboxylic acids is 1. The molecule has 1 amide bonds. The summed E-state index contributed by atoms with van der Waals surface area (Å²) in [6.07, 6.45) is 0. The van der Waals surface area contributed by atoms with Crippen molar-refractivity contribution in [2.75, 3.05) is 14.2 Å². The van der Waals surface area contributed by atoms with Gasteiger partial charge in [0, 0.05) is 18.5 Å². The smallest absolute Gasteiger partial charge is 0.326 e. The number of aliphatic carboxylic acids is 1. The van der Waals surface area contributed by atoms with E-state index in [1.165, 1.54) is 0 Å². The number of hydrogen-bond donors (Lipinski definition) is 2. The van der Waals surface area contributed by atoms with E-state index < -0.39 is 17.9 Å². The van der Waals surface area contributed by atoms with E-state index in [1.807, 2.05) is 0 Å². The van der Waals surface area contributed by atoms with E-state index >= 15 is 0 Å². The molecular formula is C17H22N2O5. The maximum atomic E-state index is 12.5. The van der Waals surface area contributed by atoms with Gasteiger partial charge in [0.1, 0.15) is 11.7 Å². The Morgan fingerprint density at radius 2 is 1.71 bits per heavy atom. The van der Waals surface area contributed by atoms with E-state index in [9.17, 15) is 14.7 Å². The standard InChI is InChI=1S/C17H22N2O5/c1-9(2)15(17(21)22)18-16(20)12-6-10-7-13(23-4)14(24-5)8-11(10)19(12)3/h6-9,15H,1-5H3,(H,18,20)(H,21,22)/t15-/m0/s1. The van der Waals surface area contributed by atoms with Gasteiger partial charge in [-0.25, -0.2) is 4.79 Å². The summed E-state index contributed by atoms with van der Waals surface area (Å²) in [7, 11) is 4.83. The quantitative estimate of drug-likeness (QED) is 0.844. The van der Waals surface area contributed by atoms with Crippen LogP contribution in [0.2, 0.25) is 0 Å². The molecule has 0 unspecified atom stereocenters. The Morgan fingerprint density at radius 1 is 1.12 bits per heavy atom. The molecule has 0 radical (unpaired) electrons. The number of fused-ring (bicyclic) bond motifs is 1. The number of aryl methyl sites for hydroxylation is 1. The Kier molecular flexibility index (Phi) is 5.02. The number of rotatable bonds is 6. The first-order valence-electron chi connectivity index (χ1n) is 7.55. The first-order chi connectivity index (χ1) is 11.3. The molecule has 1 heterocycles. The van der Waals surface area contributed by atoms with Crippen molar-refractivity contribution in [1.82, 2.24) is 9.88 Å². The summed E-state index contributed by atoms with van der Waals surface area (Å²) in [4.78, 5) is 23.8. The van der Waals surface area contributed by atoms with Gasteiger partial charge in [0.05, 0.1) is 19.7 Å². The van der Waals surface area contributed by atoms with Crippen LogP contribution in [0.25, 0.3) is 10.9 Å². The number of carboxylic acid groups (broad SMARTS) is 1. The Labute approximate surface area is 140 Å². The van der Waals surface area contributed by atoms with E-state index in [0.29, 0.717) is 17.2 Å². The molecule has 7 heteroatoms. The maximum Gasteiger partial charge on any atom is 0.326 e. The molecule has 0 bridgehead atoms. The molecule has 1 aromatic carbocycles. The van der Waals surface area contributed by atoms with E-state index in [2.05, 4.69) is 5.32 Å². The first kappa shape index (κ1) is 17.7. The van der Waals surface area contributed by atoms with Gasteiger partial charge in [-0.15, -0.1) is 0 Å². The van der Waals surface area contributed by atoms with Crippen molar-refractivity contribution >= 4 is 22.8 Å². The molecule has 0 fully saturated rings. The number of carbonyl (C=O) groups excluding carboxylic acids is 1. The summed E-state index contributed by atoms with van der Waals surface area (Å²) in [5, 5.41) is 12.6. The van der Waals surface area contributed by atoms with Crippen molar-refractivity contribution in [3.63, 3.8) is 0 Å². The number of nitrogens with one attached hydrogen (secondary N) is 1. The number of hydrogen-bond acceptors (Lipinski definition) is 4. The SMILES string of the molecule is COc1cc2cc(C(=O)N[C@H](C(=O)O)C(C)C)n(C)c2cc1OC. The summed E-state index contributed by atoms with van der Waals surface area (Å²) in [6, 6.07) is 4.32. The summed E-state index contributed by atoms with van der Waals surface area (Å²) in [6.45, 7) is 3.49. The fourth-order valence-electron chi connectivity index (χ4n) is 2.61. The van der Waals surface area contributed by atoms with Crippen molar-refractivity contribution in [2.24, 2.45) is 13.0 Å². The molecule has 0 saturated heterocycles. The lowest BCUT2D eigenvalue weighted by atomic mass is 10.0. The third-order valence-electron chi connectivity index (χ3n) is 4.00. The Hall–Kier alpha value is -2.70. The Morgan fingerprint density at radius 3 is 2.21 bits per heavy atom. The largest absolute Gasteiger partial charge is 0.493 e. The molecular weight excluding hydrogens is 312 g/mol. The molecule has 0 spiro atoms. The molecule has 7 nitrogen and oxygen atoms in total. The van der Waals surface area contributed by atoms with Crippen molar-refractivity contribution in [3.8, 4) is 11.5 Å². The minimum atomic E-state index is -1.06. The van der Waals surface area contributed by atoms with E-state index in [1.54, 1.807) is 57.9 Å². The summed E-state index contributed by atoms with van der Waals surface area (Å²) in [5.74, 6) is -0.591. The number of aromatic nitrogens is 1. The number of amides is 1. The topological polar surface area (TPSA) is 89.8 Å². The van der Waals surface area contributed by atoms with E-state index in [-0.39, 0.29) is 5.92 Å². The second kappa shape index (κ2) is 6.82. The molecule has 2 aromatic rings. The predicted octanol–water partition coefficient (Wildman–Crippen LogP) is 2.03. The van der Waals surface area contributed by atoms with Crippen LogP contribution in [0.5, 0.6) is 11.5 Å². The minimum Gasteiger partial charge on any atom is -0.493 e. The number of carbonyl (C=O) groups is 2. The fraction of sp³-hybridized carbons (Fsp3) is 0.412. The van der Waals surface area contributed by atoms with Crippen molar-refractivity contribution in [3.05, 3.63) is 23.9 Å². The number of nitrogens with zero attached hydrogens (tertiary/aromatic N) is 1. The zero-order valence-electron chi connectivity index (χ0n) is 14.4. The lowest BCUT2D eigenvalue weighted by Crippen LogP contribution is -2.44. The van der Waals surface area contributed by atoms with Crippen LogP contribution in [-0.2, 0) is 11.8 Å². The average Bonchev–Trinajstić information content (AvgIpc) is 2.86. The van der Waals surface area contributed by atoms with Crippen LogP contribution >= 0.6 is 0 Å². The van der Waals surface area contributed by atoms with Crippen LogP contribution in [0.1, 0.15) is 24.3 Å². The lowest BCUT2D eigenvalue weighted by Gasteiger charge is -2.18. The molecule has 2 N–H and O–H groups in total. The van der Waals surface area contributed by atoms with Crippen LogP contribution in [-0.4, -0.2) is 41.8 Å². The Balaban J connectivity index is 2.44. The third-order valence-corrected chi connectivity index (χ3v) is 4.00. The molecule has 2 rings (SSSR count). The maximum absolute atomic E-state index is 12.5. The van der Waals surface area contributed by atoms with Crippen LogP contribution in [0, 0.1) is 5.92 Å². The second-order valence-electron chi connectivity index (χ2n) is 5.89. The summed E-state index contributed by atoms with van der Waals surface area (Å²) in [5.41, 5.74) is 1.15. The molecule has 1 atom stereocenters. The highest BCUT2D eigenvalue weighted by molar-refractivity contribution is 6.00. The zero-order valence-corrected chi connectivity index (χ0v) is 14.4. The number of ether oxygens (including phenoxy) is 2. The molecule has 0 aliphatic rings. The van der Waals surface area contributed by atoms with Gasteiger partial charge in [-0.05, 0) is 18.1 Å². The van der Waals surface area contributed by atoms with Gasteiger partial charge in [0.25, 0.3) is 5.91 Å². The molecule has 0 saturated carbocycles. The first-order valence-corrected chi connectivity index (χ1v) is 7.55. The minimum absolute atomic E-state index is 0.221. The van der Waals surface area contributed by atoms with Crippen molar-refractivity contribution in [2.45, 2.75) is 19.9 Å². The number of benzene rings is 1. The van der Waals surface area contributed by atoms with Crippen molar-refractivity contribution in [1.29, 1.82) is 0 Å². The highest BCUT2D eigenvalue weighted by atomic mass is 16.5. The average molecular weight is 334 g/mol. The van der Waals surface area contributed by atoms with Crippen LogP contribution < -0.4 is 14.8 Å². The molecule has 0 aliphatic carbocycles. The summed E-state index contributed by atoms with van der Waals surface area (Å²) >= 11 is 0. The predicted molar refractivity (Wildman–Crippen MR) is 89.8 cm³/mol. The van der Waals surface area contributed by atoms with Gasteiger partial charge in [-0.3, -0.25) is 4.79 Å². The second-order valence-corrected chi connectivity index (χ2v) is 5.89. The molecule has 1 aromatic heterocycles. The summed E-state index contributed by atoms with van der Waals surface area (Å²) < 4.78 is 12.2. The van der Waals surface area contributed by atoms with Gasteiger partial charge in [-0.1, -0.05) is 13.8 Å². The molecule has 130 valence electrons. The zero-order chi connectivity index (χ0) is 18.0. The van der Waals surface area contributed by atoms with Gasteiger partial charge < -0.3 is 24.5 Å². The lowest BCUT2D eigenvalue weighted by molar-refractivity contribution is -0.140.